The third kappa shape index (κ3) is 2.30. The summed E-state index contributed by atoms with van der Waals surface area (Å²) in [6.07, 6.45) is 1.35. The lowest BCUT2D eigenvalue weighted by Crippen LogP contribution is -1.93. The fraction of sp³-hybridized carbons (Fsp3) is 0.200. The van der Waals surface area contributed by atoms with Crippen molar-refractivity contribution in [2.24, 2.45) is 0 Å². The molecule has 1 heterocycles. The average molecular weight is 274 g/mol. The molecule has 3 rings (SSSR count). The number of ether oxygens (including phenoxy) is 2. The van der Waals surface area contributed by atoms with Crippen LogP contribution in [0.1, 0.15) is 11.1 Å². The van der Waals surface area contributed by atoms with Gasteiger partial charge in [-0.1, -0.05) is 6.07 Å². The predicted molar refractivity (Wildman–Crippen MR) is 71.4 cm³/mol. The zero-order valence-electron chi connectivity index (χ0n) is 10.7. The van der Waals surface area contributed by atoms with Crippen molar-refractivity contribution in [1.82, 2.24) is 0 Å². The molecule has 2 aromatic carbocycles. The summed E-state index contributed by atoms with van der Waals surface area (Å²) in [6.45, 7) is 0.123. The first-order valence-corrected chi connectivity index (χ1v) is 6.26. The molecular formula is C15H14O5. The molecule has 0 amide bonds. The quantitative estimate of drug-likeness (QED) is 0.748. The number of aryl methyl sites for hydroxylation is 2. The van der Waals surface area contributed by atoms with Crippen LogP contribution < -0.4 is 9.47 Å². The smallest absolute Gasteiger partial charge is 0.231 e. The molecule has 0 aromatic heterocycles. The number of rotatable bonds is 3. The molecule has 0 aliphatic carbocycles. The van der Waals surface area contributed by atoms with Gasteiger partial charge in [0.15, 0.2) is 23.0 Å². The van der Waals surface area contributed by atoms with Crippen LogP contribution in [0.25, 0.3) is 0 Å². The summed E-state index contributed by atoms with van der Waals surface area (Å²) in [7, 11) is 0. The fourth-order valence-corrected chi connectivity index (χ4v) is 2.20. The summed E-state index contributed by atoms with van der Waals surface area (Å²) < 4.78 is 10.4. The Morgan fingerprint density at radius 2 is 1.55 bits per heavy atom. The number of aromatic hydroxyl groups is 3. The Balaban J connectivity index is 1.75. The van der Waals surface area contributed by atoms with Gasteiger partial charge < -0.3 is 24.8 Å². The number of benzene rings is 2. The molecule has 0 fully saturated rings. The van der Waals surface area contributed by atoms with Gasteiger partial charge >= 0.3 is 0 Å². The lowest BCUT2D eigenvalue weighted by molar-refractivity contribution is 0.171. The largest absolute Gasteiger partial charge is 0.504 e. The van der Waals surface area contributed by atoms with E-state index in [4.69, 9.17) is 9.47 Å². The second kappa shape index (κ2) is 4.85. The number of phenols is 3. The lowest BCUT2D eigenvalue weighted by atomic mass is 10.0. The SMILES string of the molecule is Oc1ccc(CCc2cc(O)c3c(c2)OCO3)cc1O. The Labute approximate surface area is 115 Å². The lowest BCUT2D eigenvalue weighted by Gasteiger charge is -2.06. The van der Waals surface area contributed by atoms with E-state index in [1.54, 1.807) is 12.1 Å². The summed E-state index contributed by atoms with van der Waals surface area (Å²) in [5, 5.41) is 28.5. The molecular weight excluding hydrogens is 260 g/mol. The zero-order chi connectivity index (χ0) is 14.1. The average Bonchev–Trinajstić information content (AvgIpc) is 2.89. The van der Waals surface area contributed by atoms with Crippen molar-refractivity contribution in [2.45, 2.75) is 12.8 Å². The highest BCUT2D eigenvalue weighted by atomic mass is 16.7. The zero-order valence-corrected chi connectivity index (χ0v) is 10.7. The van der Waals surface area contributed by atoms with Crippen molar-refractivity contribution in [3.05, 3.63) is 41.5 Å². The molecule has 0 radical (unpaired) electrons. The van der Waals surface area contributed by atoms with Crippen molar-refractivity contribution >= 4 is 0 Å². The Morgan fingerprint density at radius 1 is 0.800 bits per heavy atom. The van der Waals surface area contributed by atoms with Crippen LogP contribution in [0.4, 0.5) is 0 Å². The van der Waals surface area contributed by atoms with Gasteiger partial charge in [-0.25, -0.2) is 0 Å². The first-order chi connectivity index (χ1) is 9.63. The monoisotopic (exact) mass is 274 g/mol. The minimum absolute atomic E-state index is 0.0727. The third-order valence-electron chi connectivity index (χ3n) is 3.25. The topological polar surface area (TPSA) is 79.2 Å². The standard InChI is InChI=1S/C15H14O5/c16-11-4-3-9(5-12(11)17)1-2-10-6-13(18)15-14(7-10)19-8-20-15/h3-7,16-18H,1-2,8H2. The highest BCUT2D eigenvalue weighted by Gasteiger charge is 2.18. The molecule has 0 spiro atoms. The van der Waals surface area contributed by atoms with E-state index in [1.807, 2.05) is 6.07 Å². The molecule has 3 N–H and O–H groups in total. The van der Waals surface area contributed by atoms with Crippen molar-refractivity contribution in [1.29, 1.82) is 0 Å². The van der Waals surface area contributed by atoms with Gasteiger partial charge in [-0.3, -0.25) is 0 Å². The van der Waals surface area contributed by atoms with Crippen LogP contribution in [0.5, 0.6) is 28.7 Å². The molecule has 2 aromatic rings. The van der Waals surface area contributed by atoms with Crippen molar-refractivity contribution in [3.63, 3.8) is 0 Å². The minimum atomic E-state index is -0.130. The van der Waals surface area contributed by atoms with E-state index in [1.165, 1.54) is 12.1 Å². The minimum Gasteiger partial charge on any atom is -0.504 e. The molecule has 0 atom stereocenters. The van der Waals surface area contributed by atoms with Crippen LogP contribution in [0.15, 0.2) is 30.3 Å². The van der Waals surface area contributed by atoms with E-state index < -0.39 is 0 Å². The second-order valence-electron chi connectivity index (χ2n) is 4.67. The maximum atomic E-state index is 9.81. The summed E-state index contributed by atoms with van der Waals surface area (Å²) >= 11 is 0. The van der Waals surface area contributed by atoms with Crippen LogP contribution in [0.3, 0.4) is 0 Å². The summed E-state index contributed by atoms with van der Waals surface area (Å²) in [4.78, 5) is 0. The van der Waals surface area contributed by atoms with Gasteiger partial charge in [0, 0.05) is 0 Å². The van der Waals surface area contributed by atoms with E-state index >= 15 is 0 Å². The molecule has 0 bridgehead atoms. The summed E-state index contributed by atoms with van der Waals surface area (Å²) in [5.41, 5.74) is 1.82. The molecule has 1 aliphatic rings. The molecule has 1 aliphatic heterocycles. The predicted octanol–water partition coefficient (Wildman–Crippen LogP) is 2.32. The molecule has 20 heavy (non-hydrogen) atoms. The Morgan fingerprint density at radius 3 is 2.35 bits per heavy atom. The normalized spacial score (nSPS) is 12.6. The summed E-state index contributed by atoms with van der Waals surface area (Å²) in [5.74, 6) is 0.749. The van der Waals surface area contributed by atoms with E-state index in [0.717, 1.165) is 11.1 Å². The molecule has 104 valence electrons. The number of phenolic OH excluding ortho intramolecular Hbond substituents is 3. The molecule has 0 saturated heterocycles. The van der Waals surface area contributed by atoms with Gasteiger partial charge in [0.1, 0.15) is 0 Å². The number of hydrogen-bond acceptors (Lipinski definition) is 5. The Kier molecular flexibility index (Phi) is 3.02. The summed E-state index contributed by atoms with van der Waals surface area (Å²) in [6, 6.07) is 8.22. The van der Waals surface area contributed by atoms with Crippen LogP contribution in [0, 0.1) is 0 Å². The van der Waals surface area contributed by atoms with Gasteiger partial charge in [-0.05, 0) is 48.2 Å². The molecule has 0 unspecified atom stereocenters. The van der Waals surface area contributed by atoms with Gasteiger partial charge in [0.2, 0.25) is 12.5 Å². The van der Waals surface area contributed by atoms with Crippen LogP contribution in [-0.2, 0) is 12.8 Å². The highest BCUT2D eigenvalue weighted by molar-refractivity contribution is 5.54. The van der Waals surface area contributed by atoms with Gasteiger partial charge in [-0.2, -0.15) is 0 Å². The van der Waals surface area contributed by atoms with E-state index in [-0.39, 0.29) is 24.0 Å². The van der Waals surface area contributed by atoms with Gasteiger partial charge in [0.05, 0.1) is 0 Å². The maximum Gasteiger partial charge on any atom is 0.231 e. The molecule has 5 nitrogen and oxygen atoms in total. The van der Waals surface area contributed by atoms with Crippen LogP contribution in [0.2, 0.25) is 0 Å². The highest BCUT2D eigenvalue weighted by Crippen LogP contribution is 2.41. The van der Waals surface area contributed by atoms with Crippen molar-refractivity contribution in [2.75, 3.05) is 6.79 Å². The Bertz CT molecular complexity index is 651. The second-order valence-corrected chi connectivity index (χ2v) is 4.67. The van der Waals surface area contributed by atoms with Gasteiger partial charge in [-0.15, -0.1) is 0 Å². The first kappa shape index (κ1) is 12.5. The molecule has 0 saturated carbocycles. The van der Waals surface area contributed by atoms with Crippen LogP contribution in [-0.4, -0.2) is 22.1 Å². The third-order valence-corrected chi connectivity index (χ3v) is 3.25. The fourth-order valence-electron chi connectivity index (χ4n) is 2.20. The van der Waals surface area contributed by atoms with E-state index in [0.29, 0.717) is 24.3 Å². The molecule has 5 heteroatoms. The number of fused-ring (bicyclic) bond motifs is 1. The maximum absolute atomic E-state index is 9.81. The number of hydrogen-bond donors (Lipinski definition) is 3. The van der Waals surface area contributed by atoms with E-state index in [2.05, 4.69) is 0 Å². The first-order valence-electron chi connectivity index (χ1n) is 6.26. The van der Waals surface area contributed by atoms with Gasteiger partial charge in [0.25, 0.3) is 0 Å². The van der Waals surface area contributed by atoms with Crippen molar-refractivity contribution in [3.8, 4) is 28.7 Å². The van der Waals surface area contributed by atoms with Crippen LogP contribution >= 0.6 is 0 Å². The Hall–Kier alpha value is -2.56. The van der Waals surface area contributed by atoms with E-state index in [9.17, 15) is 15.3 Å². The van der Waals surface area contributed by atoms with Crippen molar-refractivity contribution < 1.29 is 24.8 Å².